The Bertz CT molecular complexity index is 1700. The van der Waals surface area contributed by atoms with Crippen LogP contribution >= 0.6 is 0 Å². The molecule has 1 aliphatic carbocycles. The third-order valence-electron chi connectivity index (χ3n) is 6.91. The van der Waals surface area contributed by atoms with E-state index in [-0.39, 0.29) is 11.6 Å². The second-order valence-corrected chi connectivity index (χ2v) is 9.30. The number of fused-ring (bicyclic) bond motifs is 2. The standard InChI is InChI=1S/C35H25NO3/c1-39-29-20-18-28(19-21-29)36(26-7-3-2-4-8-26)27-16-13-24(14-17-27)11-12-25-15-22-32-33(23-25)35(38)31-10-6-5-9-30(31)34(32)37/h2-23H,1H3. The Kier molecular flexibility index (Phi) is 6.36. The molecule has 0 amide bonds. The topological polar surface area (TPSA) is 46.6 Å². The minimum atomic E-state index is -0.112. The Balaban J connectivity index is 1.27. The molecule has 0 spiro atoms. The molecule has 0 unspecified atom stereocenters. The van der Waals surface area contributed by atoms with Gasteiger partial charge in [0.05, 0.1) is 7.11 Å². The molecule has 0 heterocycles. The van der Waals surface area contributed by atoms with Crippen LogP contribution in [0.4, 0.5) is 17.1 Å². The van der Waals surface area contributed by atoms with Crippen LogP contribution in [0.3, 0.4) is 0 Å². The highest BCUT2D eigenvalue weighted by Crippen LogP contribution is 2.35. The maximum absolute atomic E-state index is 13.1. The van der Waals surface area contributed by atoms with Gasteiger partial charge < -0.3 is 9.64 Å². The molecule has 0 fully saturated rings. The molecule has 0 aromatic heterocycles. The van der Waals surface area contributed by atoms with Crippen molar-refractivity contribution in [2.45, 2.75) is 0 Å². The lowest BCUT2D eigenvalue weighted by molar-refractivity contribution is 0.0979. The van der Waals surface area contributed by atoms with Gasteiger partial charge in [0, 0.05) is 39.3 Å². The van der Waals surface area contributed by atoms with E-state index in [0.29, 0.717) is 22.3 Å². The molecule has 5 aromatic carbocycles. The molecule has 0 N–H and O–H groups in total. The van der Waals surface area contributed by atoms with Gasteiger partial charge in [0.2, 0.25) is 0 Å². The zero-order chi connectivity index (χ0) is 26.8. The number of ketones is 2. The number of anilines is 3. The predicted octanol–water partition coefficient (Wildman–Crippen LogP) is 8.11. The largest absolute Gasteiger partial charge is 0.497 e. The Morgan fingerprint density at radius 2 is 1.00 bits per heavy atom. The summed E-state index contributed by atoms with van der Waals surface area (Å²) in [5, 5.41) is 0. The molecular weight excluding hydrogens is 482 g/mol. The summed E-state index contributed by atoms with van der Waals surface area (Å²) in [6, 6.07) is 39.0. The molecule has 0 saturated heterocycles. The lowest BCUT2D eigenvalue weighted by atomic mass is 9.83. The van der Waals surface area contributed by atoms with Crippen molar-refractivity contribution >= 4 is 40.8 Å². The van der Waals surface area contributed by atoms with Gasteiger partial charge >= 0.3 is 0 Å². The van der Waals surface area contributed by atoms with Gasteiger partial charge in [0.25, 0.3) is 0 Å². The Labute approximate surface area is 227 Å². The first kappa shape index (κ1) is 24.1. The number of hydrogen-bond donors (Lipinski definition) is 0. The average Bonchev–Trinajstić information content (AvgIpc) is 3.00. The minimum absolute atomic E-state index is 0.105. The summed E-state index contributed by atoms with van der Waals surface area (Å²) in [6.45, 7) is 0. The van der Waals surface area contributed by atoms with Crippen LogP contribution in [0, 0.1) is 0 Å². The number of methoxy groups -OCH3 is 1. The summed E-state index contributed by atoms with van der Waals surface area (Å²) in [7, 11) is 1.66. The van der Waals surface area contributed by atoms with Crippen molar-refractivity contribution < 1.29 is 14.3 Å². The third kappa shape index (κ3) is 4.64. The van der Waals surface area contributed by atoms with Gasteiger partial charge in [-0.3, -0.25) is 9.59 Å². The maximum atomic E-state index is 13.1. The zero-order valence-electron chi connectivity index (χ0n) is 21.4. The Morgan fingerprint density at radius 3 is 1.64 bits per heavy atom. The van der Waals surface area contributed by atoms with Crippen molar-refractivity contribution in [3.05, 3.63) is 155 Å². The van der Waals surface area contributed by atoms with Crippen LogP contribution in [0.15, 0.2) is 121 Å². The van der Waals surface area contributed by atoms with Crippen LogP contribution in [-0.4, -0.2) is 18.7 Å². The summed E-state index contributed by atoms with van der Waals surface area (Å²) in [6.07, 6.45) is 3.97. The van der Waals surface area contributed by atoms with Gasteiger partial charge in [-0.05, 0) is 71.8 Å². The van der Waals surface area contributed by atoms with E-state index >= 15 is 0 Å². The molecule has 4 nitrogen and oxygen atoms in total. The van der Waals surface area contributed by atoms with E-state index in [4.69, 9.17) is 4.74 Å². The molecule has 5 aromatic rings. The first-order chi connectivity index (χ1) is 19.1. The van der Waals surface area contributed by atoms with E-state index < -0.39 is 0 Å². The van der Waals surface area contributed by atoms with Crippen molar-refractivity contribution in [3.63, 3.8) is 0 Å². The Morgan fingerprint density at radius 1 is 0.513 bits per heavy atom. The molecule has 0 bridgehead atoms. The van der Waals surface area contributed by atoms with E-state index in [1.807, 2.05) is 60.7 Å². The number of rotatable bonds is 6. The van der Waals surface area contributed by atoms with Crippen LogP contribution in [-0.2, 0) is 0 Å². The fourth-order valence-corrected chi connectivity index (χ4v) is 4.90. The van der Waals surface area contributed by atoms with Gasteiger partial charge in [-0.1, -0.05) is 72.8 Å². The van der Waals surface area contributed by atoms with Crippen LogP contribution in [0.2, 0.25) is 0 Å². The highest BCUT2D eigenvalue weighted by atomic mass is 16.5. The molecule has 39 heavy (non-hydrogen) atoms. The summed E-state index contributed by atoms with van der Waals surface area (Å²) in [4.78, 5) is 28.1. The van der Waals surface area contributed by atoms with Crippen molar-refractivity contribution in [3.8, 4) is 5.75 Å². The first-order valence-electron chi connectivity index (χ1n) is 12.7. The van der Waals surface area contributed by atoms with Crippen molar-refractivity contribution in [1.29, 1.82) is 0 Å². The van der Waals surface area contributed by atoms with E-state index in [1.165, 1.54) is 0 Å². The molecule has 0 saturated carbocycles. The number of nitrogens with zero attached hydrogens (tertiary/aromatic N) is 1. The normalized spacial score (nSPS) is 12.2. The Hall–Kier alpha value is -5.22. The lowest BCUT2D eigenvalue weighted by Crippen LogP contribution is -2.20. The fraction of sp³-hybridized carbons (Fsp3) is 0.0286. The summed E-state index contributed by atoms with van der Waals surface area (Å²) in [5.41, 5.74) is 6.84. The highest BCUT2D eigenvalue weighted by Gasteiger charge is 2.29. The third-order valence-corrected chi connectivity index (χ3v) is 6.91. The molecule has 0 aliphatic heterocycles. The summed E-state index contributed by atoms with van der Waals surface area (Å²) >= 11 is 0. The lowest BCUT2D eigenvalue weighted by Gasteiger charge is -2.25. The van der Waals surface area contributed by atoms with E-state index in [0.717, 1.165) is 33.9 Å². The fourth-order valence-electron chi connectivity index (χ4n) is 4.90. The average molecular weight is 508 g/mol. The van der Waals surface area contributed by atoms with Gasteiger partial charge in [-0.2, -0.15) is 0 Å². The van der Waals surface area contributed by atoms with Crippen molar-refractivity contribution in [1.82, 2.24) is 0 Å². The molecular formula is C35H25NO3. The second-order valence-electron chi connectivity index (χ2n) is 9.30. The number of carbonyl (C=O) groups is 2. The van der Waals surface area contributed by atoms with Crippen molar-refractivity contribution in [2.24, 2.45) is 0 Å². The van der Waals surface area contributed by atoms with E-state index in [1.54, 1.807) is 43.5 Å². The van der Waals surface area contributed by atoms with Crippen molar-refractivity contribution in [2.75, 3.05) is 12.0 Å². The summed E-state index contributed by atoms with van der Waals surface area (Å²) in [5.74, 6) is 0.593. The highest BCUT2D eigenvalue weighted by molar-refractivity contribution is 6.28. The number of ether oxygens (including phenoxy) is 1. The smallest absolute Gasteiger partial charge is 0.194 e. The molecule has 0 atom stereocenters. The van der Waals surface area contributed by atoms with E-state index in [2.05, 4.69) is 41.3 Å². The monoisotopic (exact) mass is 507 g/mol. The number of carbonyl (C=O) groups excluding carboxylic acids is 2. The molecule has 6 rings (SSSR count). The van der Waals surface area contributed by atoms with Gasteiger partial charge in [0.1, 0.15) is 5.75 Å². The number of hydrogen-bond acceptors (Lipinski definition) is 4. The molecule has 188 valence electrons. The van der Waals surface area contributed by atoms with Gasteiger partial charge in [-0.15, -0.1) is 0 Å². The first-order valence-corrected chi connectivity index (χ1v) is 12.7. The van der Waals surface area contributed by atoms with Gasteiger partial charge in [-0.25, -0.2) is 0 Å². The van der Waals surface area contributed by atoms with Crippen LogP contribution in [0.5, 0.6) is 5.75 Å². The quantitative estimate of drug-likeness (QED) is 0.214. The van der Waals surface area contributed by atoms with Crippen LogP contribution in [0.1, 0.15) is 43.0 Å². The maximum Gasteiger partial charge on any atom is 0.194 e. The second kappa shape index (κ2) is 10.3. The SMILES string of the molecule is COc1ccc(N(c2ccccc2)c2ccc(C=Cc3ccc4c(c3)C(=O)c3ccccc3C4=O)cc2)cc1. The minimum Gasteiger partial charge on any atom is -0.497 e. The van der Waals surface area contributed by atoms with Crippen LogP contribution < -0.4 is 9.64 Å². The van der Waals surface area contributed by atoms with Crippen LogP contribution in [0.25, 0.3) is 12.2 Å². The molecule has 0 radical (unpaired) electrons. The number of para-hydroxylation sites is 1. The predicted molar refractivity (Wildman–Crippen MR) is 156 cm³/mol. The molecule has 1 aliphatic rings. The van der Waals surface area contributed by atoms with Gasteiger partial charge in [0.15, 0.2) is 11.6 Å². The zero-order valence-corrected chi connectivity index (χ0v) is 21.4. The van der Waals surface area contributed by atoms with E-state index in [9.17, 15) is 9.59 Å². The summed E-state index contributed by atoms with van der Waals surface area (Å²) < 4.78 is 5.34. The molecule has 4 heteroatoms. The number of benzene rings is 5.